The standard InChI is InChI=1S/C10H10N2O/c1-7-3-2-4-8-9(13-11)5-6-12-10(7)8/h2-6H,11H2,1H3. The normalized spacial score (nSPS) is 10.3. The number of para-hydroxylation sites is 1. The van der Waals surface area contributed by atoms with Gasteiger partial charge in [0.15, 0.2) is 5.75 Å². The third-order valence-electron chi connectivity index (χ3n) is 2.06. The summed E-state index contributed by atoms with van der Waals surface area (Å²) >= 11 is 0. The second kappa shape index (κ2) is 3.03. The van der Waals surface area contributed by atoms with E-state index in [1.807, 2.05) is 25.1 Å². The molecule has 1 heterocycles. The number of hydrogen-bond acceptors (Lipinski definition) is 3. The zero-order valence-electron chi connectivity index (χ0n) is 7.32. The summed E-state index contributed by atoms with van der Waals surface area (Å²) in [4.78, 5) is 9.00. The fourth-order valence-electron chi connectivity index (χ4n) is 1.40. The highest BCUT2D eigenvalue weighted by Crippen LogP contribution is 2.24. The van der Waals surface area contributed by atoms with E-state index < -0.39 is 0 Å². The van der Waals surface area contributed by atoms with Crippen LogP contribution in [0.25, 0.3) is 10.9 Å². The van der Waals surface area contributed by atoms with Gasteiger partial charge in [-0.05, 0) is 18.6 Å². The highest BCUT2D eigenvalue weighted by atomic mass is 16.6. The summed E-state index contributed by atoms with van der Waals surface area (Å²) in [5.41, 5.74) is 2.06. The number of hydrogen-bond donors (Lipinski definition) is 1. The Balaban J connectivity index is 2.84. The Morgan fingerprint density at radius 1 is 1.31 bits per heavy atom. The van der Waals surface area contributed by atoms with E-state index in [2.05, 4.69) is 4.98 Å². The fourth-order valence-corrected chi connectivity index (χ4v) is 1.40. The highest BCUT2D eigenvalue weighted by molar-refractivity contribution is 5.87. The van der Waals surface area contributed by atoms with E-state index in [0.29, 0.717) is 5.75 Å². The molecule has 0 saturated heterocycles. The van der Waals surface area contributed by atoms with Gasteiger partial charge in [0.05, 0.1) is 5.52 Å². The van der Waals surface area contributed by atoms with Crippen LogP contribution in [0.5, 0.6) is 5.75 Å². The Kier molecular flexibility index (Phi) is 1.87. The summed E-state index contributed by atoms with van der Waals surface area (Å²) in [5.74, 6) is 5.80. The number of pyridine rings is 1. The maximum absolute atomic E-state index is 5.14. The van der Waals surface area contributed by atoms with Crippen molar-refractivity contribution in [1.82, 2.24) is 4.98 Å². The molecule has 0 spiro atoms. The van der Waals surface area contributed by atoms with E-state index in [4.69, 9.17) is 10.7 Å². The molecule has 3 nitrogen and oxygen atoms in total. The van der Waals surface area contributed by atoms with Crippen LogP contribution in [0, 0.1) is 6.92 Å². The number of rotatable bonds is 1. The predicted molar refractivity (Wildman–Crippen MR) is 51.3 cm³/mol. The van der Waals surface area contributed by atoms with Gasteiger partial charge in [-0.3, -0.25) is 4.98 Å². The molecule has 13 heavy (non-hydrogen) atoms. The fraction of sp³-hybridized carbons (Fsp3) is 0.100. The van der Waals surface area contributed by atoms with Gasteiger partial charge < -0.3 is 4.84 Å². The first-order valence-corrected chi connectivity index (χ1v) is 4.04. The van der Waals surface area contributed by atoms with Crippen molar-refractivity contribution in [1.29, 1.82) is 0 Å². The SMILES string of the molecule is Cc1cccc2c(ON)ccnc12. The average molecular weight is 174 g/mol. The Morgan fingerprint density at radius 3 is 2.92 bits per heavy atom. The lowest BCUT2D eigenvalue weighted by Gasteiger charge is -2.04. The molecule has 1 aromatic heterocycles. The van der Waals surface area contributed by atoms with Gasteiger partial charge in [-0.25, -0.2) is 0 Å². The van der Waals surface area contributed by atoms with Crippen molar-refractivity contribution in [3.63, 3.8) is 0 Å². The third-order valence-corrected chi connectivity index (χ3v) is 2.06. The first kappa shape index (κ1) is 8.01. The molecule has 0 fully saturated rings. The van der Waals surface area contributed by atoms with E-state index in [0.717, 1.165) is 16.5 Å². The number of aromatic nitrogens is 1. The smallest absolute Gasteiger partial charge is 0.157 e. The highest BCUT2D eigenvalue weighted by Gasteiger charge is 2.02. The van der Waals surface area contributed by atoms with Crippen LogP contribution in [0.1, 0.15) is 5.56 Å². The maximum atomic E-state index is 5.14. The van der Waals surface area contributed by atoms with Crippen molar-refractivity contribution in [2.45, 2.75) is 6.92 Å². The van der Waals surface area contributed by atoms with Crippen molar-refractivity contribution >= 4 is 10.9 Å². The van der Waals surface area contributed by atoms with Crippen molar-refractivity contribution in [3.8, 4) is 5.75 Å². The molecule has 0 radical (unpaired) electrons. The molecule has 66 valence electrons. The van der Waals surface area contributed by atoms with Gasteiger partial charge in [0.2, 0.25) is 0 Å². The summed E-state index contributed by atoms with van der Waals surface area (Å²) < 4.78 is 0. The van der Waals surface area contributed by atoms with Crippen LogP contribution in [0.2, 0.25) is 0 Å². The molecular formula is C10H10N2O. The molecule has 0 amide bonds. The molecular weight excluding hydrogens is 164 g/mol. The van der Waals surface area contributed by atoms with Gasteiger partial charge in [-0.15, -0.1) is 0 Å². The first-order valence-electron chi connectivity index (χ1n) is 4.04. The van der Waals surface area contributed by atoms with E-state index in [1.54, 1.807) is 12.3 Å². The zero-order valence-corrected chi connectivity index (χ0v) is 7.32. The number of aryl methyl sites for hydroxylation is 1. The molecule has 3 heteroatoms. The van der Waals surface area contributed by atoms with Crippen molar-refractivity contribution in [3.05, 3.63) is 36.0 Å². The van der Waals surface area contributed by atoms with Crippen LogP contribution >= 0.6 is 0 Å². The first-order chi connectivity index (χ1) is 6.33. The molecule has 0 aliphatic heterocycles. The molecule has 1 aromatic carbocycles. The van der Waals surface area contributed by atoms with Crippen LogP contribution in [0.4, 0.5) is 0 Å². The average Bonchev–Trinajstić information content (AvgIpc) is 2.18. The van der Waals surface area contributed by atoms with Crippen LogP contribution in [0.3, 0.4) is 0 Å². The van der Waals surface area contributed by atoms with Gasteiger partial charge in [0, 0.05) is 17.6 Å². The molecule has 0 aliphatic rings. The lowest BCUT2D eigenvalue weighted by molar-refractivity contribution is 0.338. The van der Waals surface area contributed by atoms with Crippen molar-refractivity contribution in [2.75, 3.05) is 0 Å². The largest absolute Gasteiger partial charge is 0.411 e. The van der Waals surface area contributed by atoms with Crippen LogP contribution in [-0.4, -0.2) is 4.98 Å². The molecule has 2 N–H and O–H groups in total. The van der Waals surface area contributed by atoms with E-state index in [9.17, 15) is 0 Å². The van der Waals surface area contributed by atoms with Crippen LogP contribution in [-0.2, 0) is 0 Å². The van der Waals surface area contributed by atoms with Crippen LogP contribution < -0.4 is 10.7 Å². The molecule has 0 aliphatic carbocycles. The Morgan fingerprint density at radius 2 is 2.15 bits per heavy atom. The van der Waals surface area contributed by atoms with Crippen molar-refractivity contribution < 1.29 is 4.84 Å². The second-order valence-corrected chi connectivity index (χ2v) is 2.90. The maximum Gasteiger partial charge on any atom is 0.157 e. The minimum absolute atomic E-state index is 0.661. The zero-order chi connectivity index (χ0) is 9.26. The van der Waals surface area contributed by atoms with Gasteiger partial charge in [-0.1, -0.05) is 12.1 Å². The summed E-state index contributed by atoms with van der Waals surface area (Å²) in [6.45, 7) is 2.01. The molecule has 0 atom stereocenters. The number of benzene rings is 1. The Bertz CT molecular complexity index is 440. The molecule has 0 unspecified atom stereocenters. The molecule has 0 saturated carbocycles. The summed E-state index contributed by atoms with van der Waals surface area (Å²) in [5, 5.41) is 0.949. The quantitative estimate of drug-likeness (QED) is 0.670. The lowest BCUT2D eigenvalue weighted by atomic mass is 10.1. The van der Waals surface area contributed by atoms with E-state index >= 15 is 0 Å². The summed E-state index contributed by atoms with van der Waals surface area (Å²) in [7, 11) is 0. The molecule has 2 aromatic rings. The molecule has 2 rings (SSSR count). The minimum atomic E-state index is 0.661. The lowest BCUT2D eigenvalue weighted by Crippen LogP contribution is -2.02. The Hall–Kier alpha value is -1.61. The van der Waals surface area contributed by atoms with Gasteiger partial charge in [-0.2, -0.15) is 5.90 Å². The number of fused-ring (bicyclic) bond motifs is 1. The summed E-state index contributed by atoms with van der Waals surface area (Å²) in [6, 6.07) is 7.66. The topological polar surface area (TPSA) is 48.1 Å². The third kappa shape index (κ3) is 1.23. The number of nitrogens with zero attached hydrogens (tertiary/aromatic N) is 1. The van der Waals surface area contributed by atoms with E-state index in [-0.39, 0.29) is 0 Å². The Labute approximate surface area is 76.1 Å². The monoisotopic (exact) mass is 174 g/mol. The van der Waals surface area contributed by atoms with Gasteiger partial charge in [0.25, 0.3) is 0 Å². The minimum Gasteiger partial charge on any atom is -0.411 e. The second-order valence-electron chi connectivity index (χ2n) is 2.90. The van der Waals surface area contributed by atoms with Gasteiger partial charge in [0.1, 0.15) is 0 Å². The number of nitrogens with two attached hydrogens (primary N) is 1. The van der Waals surface area contributed by atoms with Crippen molar-refractivity contribution in [2.24, 2.45) is 5.90 Å². The summed E-state index contributed by atoms with van der Waals surface area (Å²) in [6.07, 6.45) is 1.69. The molecule has 0 bridgehead atoms. The predicted octanol–water partition coefficient (Wildman–Crippen LogP) is 1.80. The van der Waals surface area contributed by atoms with E-state index in [1.165, 1.54) is 0 Å². The van der Waals surface area contributed by atoms with Gasteiger partial charge >= 0.3 is 0 Å². The van der Waals surface area contributed by atoms with Crippen LogP contribution in [0.15, 0.2) is 30.5 Å².